The number of benzene rings is 2. The Bertz CT molecular complexity index is 1020. The predicted molar refractivity (Wildman–Crippen MR) is 101 cm³/mol. The first kappa shape index (κ1) is 19.9. The van der Waals surface area contributed by atoms with E-state index in [2.05, 4.69) is 5.32 Å². The van der Waals surface area contributed by atoms with E-state index >= 15 is 0 Å². The molecule has 30 heavy (non-hydrogen) atoms. The Labute approximate surface area is 170 Å². The van der Waals surface area contributed by atoms with Crippen LogP contribution in [0.1, 0.15) is 28.8 Å². The van der Waals surface area contributed by atoms with Gasteiger partial charge in [0.05, 0.1) is 11.3 Å². The van der Waals surface area contributed by atoms with Crippen LogP contribution in [0.2, 0.25) is 0 Å². The van der Waals surface area contributed by atoms with Crippen molar-refractivity contribution in [3.8, 4) is 0 Å². The third-order valence-corrected chi connectivity index (χ3v) is 5.26. The van der Waals surface area contributed by atoms with Crippen molar-refractivity contribution < 1.29 is 27.6 Å². The lowest BCUT2D eigenvalue weighted by molar-refractivity contribution is -0.125. The van der Waals surface area contributed by atoms with Gasteiger partial charge >= 0.3 is 0 Å². The van der Waals surface area contributed by atoms with E-state index in [0.717, 1.165) is 35.2 Å². The minimum atomic E-state index is -0.772. The molecule has 2 aromatic rings. The molecule has 4 rings (SSSR count). The summed E-state index contributed by atoms with van der Waals surface area (Å²) >= 11 is 0. The second-order valence-corrected chi connectivity index (χ2v) is 7.30. The molecular weight excluding hydrogens is 399 g/mol. The molecule has 2 aliphatic rings. The molecule has 2 heterocycles. The minimum absolute atomic E-state index is 0.0337. The number of carbonyl (C=O) groups excluding carboxylic acids is 3. The second kappa shape index (κ2) is 7.81. The van der Waals surface area contributed by atoms with Gasteiger partial charge in [-0.2, -0.15) is 0 Å². The molecule has 3 amide bonds. The van der Waals surface area contributed by atoms with Crippen molar-refractivity contribution in [1.82, 2.24) is 10.2 Å². The van der Waals surface area contributed by atoms with Crippen molar-refractivity contribution >= 4 is 23.4 Å². The number of carbonyl (C=O) groups is 3. The van der Waals surface area contributed by atoms with E-state index in [4.69, 9.17) is 0 Å². The van der Waals surface area contributed by atoms with Gasteiger partial charge in [-0.05, 0) is 48.7 Å². The van der Waals surface area contributed by atoms with Crippen LogP contribution < -0.4 is 10.2 Å². The maximum atomic E-state index is 13.9. The average molecular weight is 417 g/mol. The number of halogens is 3. The molecule has 1 fully saturated rings. The number of fused-ring (bicyclic) bond motifs is 2. The van der Waals surface area contributed by atoms with Gasteiger partial charge in [0.2, 0.25) is 11.8 Å². The standard InChI is InChI=1S/C21H18F3N3O3/c22-13-3-4-16-18(9-13)27(21(30)17-2-1-5-26(17)20(16)29)11-19(28)25-10-12-6-14(23)8-15(24)7-12/h3-4,6-9,17H,1-2,5,10-11H2,(H,25,28)/t17-/m0/s1. The predicted octanol–water partition coefficient (Wildman–Crippen LogP) is 2.37. The zero-order valence-corrected chi connectivity index (χ0v) is 15.8. The van der Waals surface area contributed by atoms with Crippen molar-refractivity contribution in [1.29, 1.82) is 0 Å². The van der Waals surface area contributed by atoms with Crippen LogP contribution in [0.4, 0.5) is 18.9 Å². The summed E-state index contributed by atoms with van der Waals surface area (Å²) in [5.74, 6) is -3.63. The second-order valence-electron chi connectivity index (χ2n) is 7.30. The van der Waals surface area contributed by atoms with E-state index in [1.54, 1.807) is 0 Å². The van der Waals surface area contributed by atoms with Crippen molar-refractivity contribution in [2.75, 3.05) is 18.0 Å². The number of hydrogen-bond acceptors (Lipinski definition) is 3. The average Bonchev–Trinajstić information content (AvgIpc) is 3.16. The van der Waals surface area contributed by atoms with Gasteiger partial charge in [-0.25, -0.2) is 13.2 Å². The first-order valence-electron chi connectivity index (χ1n) is 9.47. The highest BCUT2D eigenvalue weighted by Crippen LogP contribution is 2.32. The van der Waals surface area contributed by atoms with Crippen LogP contribution in [-0.4, -0.2) is 41.8 Å². The quantitative estimate of drug-likeness (QED) is 0.831. The SMILES string of the molecule is O=C(CN1C(=O)[C@@H]2CCCN2C(=O)c2ccc(F)cc21)NCc1cc(F)cc(F)c1. The fourth-order valence-electron chi connectivity index (χ4n) is 3.91. The van der Waals surface area contributed by atoms with E-state index in [9.17, 15) is 27.6 Å². The number of amides is 3. The highest BCUT2D eigenvalue weighted by Gasteiger charge is 2.42. The molecule has 2 aromatic carbocycles. The Morgan fingerprint density at radius 1 is 1.03 bits per heavy atom. The van der Waals surface area contributed by atoms with E-state index in [0.29, 0.717) is 19.4 Å². The molecule has 0 aromatic heterocycles. The van der Waals surface area contributed by atoms with Crippen LogP contribution in [0.25, 0.3) is 0 Å². The summed E-state index contributed by atoms with van der Waals surface area (Å²) in [6, 6.07) is 5.67. The minimum Gasteiger partial charge on any atom is -0.350 e. The van der Waals surface area contributed by atoms with E-state index in [-0.39, 0.29) is 29.3 Å². The highest BCUT2D eigenvalue weighted by atomic mass is 19.1. The summed E-state index contributed by atoms with van der Waals surface area (Å²) in [6.45, 7) is -0.192. The largest absolute Gasteiger partial charge is 0.350 e. The maximum Gasteiger partial charge on any atom is 0.256 e. The van der Waals surface area contributed by atoms with E-state index in [1.165, 1.54) is 11.0 Å². The van der Waals surface area contributed by atoms with Crippen LogP contribution >= 0.6 is 0 Å². The molecule has 1 saturated heterocycles. The molecule has 1 N–H and O–H groups in total. The third-order valence-electron chi connectivity index (χ3n) is 5.26. The Balaban J connectivity index is 1.57. The number of nitrogens with zero attached hydrogens (tertiary/aromatic N) is 2. The topological polar surface area (TPSA) is 69.7 Å². The summed E-state index contributed by atoms with van der Waals surface area (Å²) in [6.07, 6.45) is 1.12. The van der Waals surface area contributed by atoms with Gasteiger partial charge in [0, 0.05) is 19.2 Å². The molecule has 1 atom stereocenters. The molecule has 0 radical (unpaired) electrons. The zero-order valence-electron chi connectivity index (χ0n) is 15.8. The lowest BCUT2D eigenvalue weighted by Crippen LogP contribution is -2.48. The zero-order chi connectivity index (χ0) is 21.4. The molecule has 9 heteroatoms. The van der Waals surface area contributed by atoms with E-state index < -0.39 is 41.9 Å². The fraction of sp³-hybridized carbons (Fsp3) is 0.286. The number of anilines is 1. The summed E-state index contributed by atoms with van der Waals surface area (Å²) in [4.78, 5) is 41.0. The Kier molecular flexibility index (Phi) is 5.19. The Morgan fingerprint density at radius 3 is 2.50 bits per heavy atom. The maximum absolute atomic E-state index is 13.9. The van der Waals surface area contributed by atoms with Crippen LogP contribution in [0.15, 0.2) is 36.4 Å². The summed E-state index contributed by atoms with van der Waals surface area (Å²) in [7, 11) is 0. The van der Waals surface area contributed by atoms with Crippen molar-refractivity contribution in [3.63, 3.8) is 0 Å². The Hall–Kier alpha value is -3.36. The first-order chi connectivity index (χ1) is 14.3. The van der Waals surface area contributed by atoms with Gasteiger partial charge in [0.1, 0.15) is 30.0 Å². The molecule has 156 valence electrons. The smallest absolute Gasteiger partial charge is 0.256 e. The van der Waals surface area contributed by atoms with Crippen LogP contribution in [-0.2, 0) is 16.1 Å². The van der Waals surface area contributed by atoms with Gasteiger partial charge in [-0.15, -0.1) is 0 Å². The monoisotopic (exact) mass is 417 g/mol. The number of rotatable bonds is 4. The first-order valence-corrected chi connectivity index (χ1v) is 9.47. The molecular formula is C21H18F3N3O3. The molecule has 0 unspecified atom stereocenters. The summed E-state index contributed by atoms with van der Waals surface area (Å²) < 4.78 is 40.5. The molecule has 0 aliphatic carbocycles. The van der Waals surface area contributed by atoms with Gasteiger partial charge in [0.15, 0.2) is 0 Å². The number of hydrogen-bond donors (Lipinski definition) is 1. The molecule has 0 bridgehead atoms. The molecule has 0 spiro atoms. The Morgan fingerprint density at radius 2 is 1.77 bits per heavy atom. The molecule has 0 saturated carbocycles. The van der Waals surface area contributed by atoms with Gasteiger partial charge < -0.3 is 15.1 Å². The van der Waals surface area contributed by atoms with E-state index in [1.807, 2.05) is 0 Å². The fourth-order valence-corrected chi connectivity index (χ4v) is 3.91. The van der Waals surface area contributed by atoms with Crippen LogP contribution in [0.3, 0.4) is 0 Å². The van der Waals surface area contributed by atoms with Crippen molar-refractivity contribution in [3.05, 3.63) is 65.0 Å². The number of nitrogens with one attached hydrogen (secondary N) is 1. The lowest BCUT2D eigenvalue weighted by atomic mass is 10.1. The van der Waals surface area contributed by atoms with Crippen LogP contribution in [0, 0.1) is 17.5 Å². The third kappa shape index (κ3) is 3.74. The molecule has 6 nitrogen and oxygen atoms in total. The lowest BCUT2D eigenvalue weighted by Gasteiger charge is -2.25. The van der Waals surface area contributed by atoms with Crippen LogP contribution in [0.5, 0.6) is 0 Å². The van der Waals surface area contributed by atoms with Gasteiger partial charge in [-0.3, -0.25) is 14.4 Å². The van der Waals surface area contributed by atoms with Crippen molar-refractivity contribution in [2.45, 2.75) is 25.4 Å². The van der Waals surface area contributed by atoms with Crippen molar-refractivity contribution in [2.24, 2.45) is 0 Å². The highest BCUT2D eigenvalue weighted by molar-refractivity contribution is 6.12. The summed E-state index contributed by atoms with van der Waals surface area (Å²) in [5, 5.41) is 2.50. The molecule has 2 aliphatic heterocycles. The van der Waals surface area contributed by atoms with Gasteiger partial charge in [0.25, 0.3) is 5.91 Å². The summed E-state index contributed by atoms with van der Waals surface area (Å²) in [5.41, 5.74) is 0.395. The normalized spacial score (nSPS) is 18.2. The van der Waals surface area contributed by atoms with Gasteiger partial charge in [-0.1, -0.05) is 0 Å².